The number of benzene rings is 2. The lowest BCUT2D eigenvalue weighted by Crippen LogP contribution is -2.44. The molecule has 0 bridgehead atoms. The van der Waals surface area contributed by atoms with Crippen LogP contribution in [0.15, 0.2) is 59.5 Å². The first-order valence-electron chi connectivity index (χ1n) is 20.7. The predicted molar refractivity (Wildman–Crippen MR) is 222 cm³/mol. The minimum absolute atomic E-state index is 0.220. The lowest BCUT2D eigenvalue weighted by Gasteiger charge is -2.39. The number of para-hydroxylation sites is 1. The summed E-state index contributed by atoms with van der Waals surface area (Å²) in [5, 5.41) is 22.3. The number of rotatable bonds is 10. The summed E-state index contributed by atoms with van der Waals surface area (Å²) in [7, 11) is 4.04. The van der Waals surface area contributed by atoms with Crippen molar-refractivity contribution in [2.24, 2.45) is 13.0 Å². The van der Waals surface area contributed by atoms with Gasteiger partial charge in [-0.05, 0) is 128 Å². The molecule has 1 aliphatic carbocycles. The number of aliphatic hydroxyl groups is 1. The summed E-state index contributed by atoms with van der Waals surface area (Å²) in [4.78, 5) is 60.4. The molecule has 0 spiro atoms. The van der Waals surface area contributed by atoms with Crippen LogP contribution in [0.4, 0.5) is 5.69 Å². The average molecular weight is 790 g/mol. The number of nitrogens with zero attached hydrogens (tertiary/aromatic N) is 7. The van der Waals surface area contributed by atoms with Crippen LogP contribution >= 0.6 is 0 Å². The quantitative estimate of drug-likeness (QED) is 0.162. The van der Waals surface area contributed by atoms with Gasteiger partial charge < -0.3 is 15.3 Å². The molecule has 3 fully saturated rings. The maximum absolute atomic E-state index is 13.4. The number of likely N-dealkylation sites (tertiary alicyclic amines) is 1. The number of piperidine rings is 2. The van der Waals surface area contributed by atoms with Crippen LogP contribution in [0.5, 0.6) is 0 Å². The number of imide groups is 1. The molecule has 5 heterocycles. The number of fused-ring (bicyclic) bond motifs is 2. The maximum Gasteiger partial charge on any atom is 0.329 e. The van der Waals surface area contributed by atoms with Gasteiger partial charge in [0.1, 0.15) is 11.7 Å². The molecule has 3 aliphatic rings. The van der Waals surface area contributed by atoms with Crippen molar-refractivity contribution in [3.05, 3.63) is 87.7 Å². The lowest BCUT2D eigenvalue weighted by molar-refractivity contribution is -0.135. The summed E-state index contributed by atoms with van der Waals surface area (Å²) in [6.45, 7) is 9.02. The monoisotopic (exact) mass is 789 g/mol. The van der Waals surface area contributed by atoms with Crippen molar-refractivity contribution >= 4 is 45.3 Å². The van der Waals surface area contributed by atoms with Gasteiger partial charge in [0.05, 0.1) is 28.2 Å². The van der Waals surface area contributed by atoms with Crippen molar-refractivity contribution in [1.82, 2.24) is 39.0 Å². The number of imidazole rings is 1. The molecule has 5 aromatic rings. The molecule has 1 saturated carbocycles. The second kappa shape index (κ2) is 15.9. The van der Waals surface area contributed by atoms with E-state index < -0.39 is 17.6 Å². The average Bonchev–Trinajstić information content (AvgIpc) is 3.72. The zero-order chi connectivity index (χ0) is 40.9. The normalized spacial score (nSPS) is 21.3. The number of anilines is 1. The largest absolute Gasteiger partial charge is 0.386 e. The zero-order valence-corrected chi connectivity index (χ0v) is 34.2. The second-order valence-corrected chi connectivity index (χ2v) is 17.3. The molecular formula is C44H55N9O5. The molecule has 3 N–H and O–H groups in total. The molecule has 1 unspecified atom stereocenters. The predicted octanol–water partition coefficient (Wildman–Crippen LogP) is 5.18. The fourth-order valence-electron chi connectivity index (χ4n) is 9.53. The van der Waals surface area contributed by atoms with Crippen LogP contribution in [0.2, 0.25) is 0 Å². The van der Waals surface area contributed by atoms with Crippen molar-refractivity contribution in [2.75, 3.05) is 32.0 Å². The number of pyridine rings is 1. The van der Waals surface area contributed by atoms with Crippen LogP contribution in [-0.2, 0) is 28.8 Å². The highest BCUT2D eigenvalue weighted by atomic mass is 16.3. The number of aryl methyl sites for hydroxylation is 2. The van der Waals surface area contributed by atoms with E-state index >= 15 is 0 Å². The lowest BCUT2D eigenvalue weighted by atomic mass is 9.85. The summed E-state index contributed by atoms with van der Waals surface area (Å²) in [6, 6.07) is 15.2. The molecule has 3 aromatic heterocycles. The van der Waals surface area contributed by atoms with Gasteiger partial charge in [-0.3, -0.25) is 38.4 Å². The highest BCUT2D eigenvalue weighted by molar-refractivity contribution is 6.04. The standard InChI is InChI=1S/C44H55N9O5/c1-27-8-6-10-34(45-27)41(55)46-36-22-30-26-52(48-35(30)23-33(36)44(2,3)58)32-14-12-28(13-15-32)24-49(4)31-18-20-51(21-19-31)25-29-9-7-11-37-40(29)50(5)43(57)53(37)38-16-17-39(54)47-42(38)56/h6-11,22-23,26,28,31-32,38,58H,12-21,24-25H2,1-5H3,(H,46,55)(H,47,54,56)/t28-,32-,38?. The number of carbonyl (C=O) groups excluding carboxylic acids is 3. The Morgan fingerprint density at radius 1 is 1.00 bits per heavy atom. The molecule has 14 nitrogen and oxygen atoms in total. The molecule has 3 amide bonds. The molecular weight excluding hydrogens is 735 g/mol. The van der Waals surface area contributed by atoms with Crippen molar-refractivity contribution in [2.45, 2.75) is 102 Å². The van der Waals surface area contributed by atoms with Crippen molar-refractivity contribution < 1.29 is 19.5 Å². The number of aromatic nitrogens is 5. The topological polar surface area (TPSA) is 160 Å². The van der Waals surface area contributed by atoms with Gasteiger partial charge >= 0.3 is 5.69 Å². The first-order chi connectivity index (χ1) is 27.7. The van der Waals surface area contributed by atoms with Crippen LogP contribution in [0, 0.1) is 12.8 Å². The summed E-state index contributed by atoms with van der Waals surface area (Å²) in [5.74, 6) is -0.411. The van der Waals surface area contributed by atoms with E-state index in [0.29, 0.717) is 41.4 Å². The minimum Gasteiger partial charge on any atom is -0.386 e. The molecule has 8 rings (SSSR count). The highest BCUT2D eigenvalue weighted by Gasteiger charge is 2.33. The Morgan fingerprint density at radius 2 is 1.74 bits per heavy atom. The van der Waals surface area contributed by atoms with Crippen molar-refractivity contribution in [3.63, 3.8) is 0 Å². The number of amides is 3. The third-order valence-electron chi connectivity index (χ3n) is 12.7. The van der Waals surface area contributed by atoms with Crippen LogP contribution in [0.1, 0.15) is 105 Å². The third-order valence-corrected chi connectivity index (χ3v) is 12.7. The molecule has 2 saturated heterocycles. The van der Waals surface area contributed by atoms with Crippen molar-refractivity contribution in [1.29, 1.82) is 0 Å². The van der Waals surface area contributed by atoms with Crippen molar-refractivity contribution in [3.8, 4) is 0 Å². The van der Waals surface area contributed by atoms with Crippen LogP contribution < -0.4 is 16.3 Å². The van der Waals surface area contributed by atoms with Crippen LogP contribution in [-0.4, -0.2) is 89.3 Å². The van der Waals surface area contributed by atoms with E-state index in [1.165, 1.54) is 0 Å². The van der Waals surface area contributed by atoms with E-state index in [-0.39, 0.29) is 23.9 Å². The Bertz CT molecular complexity index is 2420. The third kappa shape index (κ3) is 7.97. The zero-order valence-electron chi connectivity index (χ0n) is 34.2. The number of hydrogen-bond acceptors (Lipinski definition) is 9. The minimum atomic E-state index is -1.19. The fourth-order valence-corrected chi connectivity index (χ4v) is 9.53. The summed E-state index contributed by atoms with van der Waals surface area (Å²) in [6.07, 6.45) is 9.12. The van der Waals surface area contributed by atoms with E-state index in [0.717, 1.165) is 97.9 Å². The molecule has 0 radical (unpaired) electrons. The molecule has 1 atom stereocenters. The Hall–Kier alpha value is -5.18. The summed E-state index contributed by atoms with van der Waals surface area (Å²) >= 11 is 0. The Morgan fingerprint density at radius 3 is 2.45 bits per heavy atom. The molecule has 306 valence electrons. The maximum atomic E-state index is 13.4. The van der Waals surface area contributed by atoms with Gasteiger partial charge in [0.2, 0.25) is 11.8 Å². The fraction of sp³-hybridized carbons (Fsp3) is 0.500. The smallest absolute Gasteiger partial charge is 0.329 e. The Balaban J connectivity index is 0.858. The summed E-state index contributed by atoms with van der Waals surface area (Å²) in [5.41, 5.74) is 4.26. The Labute approximate surface area is 338 Å². The van der Waals surface area contributed by atoms with E-state index in [2.05, 4.69) is 49.4 Å². The molecule has 2 aliphatic heterocycles. The van der Waals surface area contributed by atoms with E-state index in [1.807, 2.05) is 43.3 Å². The first kappa shape index (κ1) is 39.6. The van der Waals surface area contributed by atoms with Gasteiger partial charge in [-0.2, -0.15) is 5.10 Å². The molecule has 2 aromatic carbocycles. The van der Waals surface area contributed by atoms with E-state index in [9.17, 15) is 24.3 Å². The van der Waals surface area contributed by atoms with Gasteiger partial charge in [-0.15, -0.1) is 0 Å². The number of hydrogen-bond donors (Lipinski definition) is 3. The molecule has 58 heavy (non-hydrogen) atoms. The number of carbonyl (C=O) groups is 3. The first-order valence-corrected chi connectivity index (χ1v) is 20.7. The molecule has 14 heteroatoms. The van der Waals surface area contributed by atoms with Crippen LogP contribution in [0.3, 0.4) is 0 Å². The summed E-state index contributed by atoms with van der Waals surface area (Å²) < 4.78 is 5.30. The van der Waals surface area contributed by atoms with Gasteiger partial charge in [-0.25, -0.2) is 9.78 Å². The highest BCUT2D eigenvalue weighted by Crippen LogP contribution is 2.37. The van der Waals surface area contributed by atoms with Gasteiger partial charge in [-0.1, -0.05) is 18.2 Å². The SMILES string of the molecule is Cc1cccc(C(=O)Nc2cc3cn([C@H]4CC[C@H](CN(C)C5CCN(Cc6cccc7c6n(C)c(=O)n7C6CCC(=O)NC6=O)CC5)CC4)nc3cc2C(C)(C)O)n1. The van der Waals surface area contributed by atoms with Gasteiger partial charge in [0, 0.05) is 61.1 Å². The van der Waals surface area contributed by atoms with E-state index in [1.54, 1.807) is 36.1 Å². The Kier molecular flexibility index (Phi) is 10.8. The van der Waals surface area contributed by atoms with E-state index in [4.69, 9.17) is 5.10 Å². The van der Waals surface area contributed by atoms with Crippen LogP contribution in [0.25, 0.3) is 21.9 Å². The van der Waals surface area contributed by atoms with Gasteiger partial charge in [0.25, 0.3) is 5.91 Å². The number of nitrogens with one attached hydrogen (secondary N) is 2. The van der Waals surface area contributed by atoms with Gasteiger partial charge in [0.15, 0.2) is 0 Å². The second-order valence-electron chi connectivity index (χ2n) is 17.3.